The van der Waals surface area contributed by atoms with Gasteiger partial charge in [-0.05, 0) is 64.5 Å². The summed E-state index contributed by atoms with van der Waals surface area (Å²) in [7, 11) is 2.18. The Balaban J connectivity index is 1.98. The van der Waals surface area contributed by atoms with Crippen LogP contribution in [-0.4, -0.2) is 43.5 Å². The minimum absolute atomic E-state index is 0.00301. The molecule has 2 rings (SSSR count). The number of rotatable bonds is 4. The summed E-state index contributed by atoms with van der Waals surface area (Å²) in [4.78, 5) is 14.2. The monoisotopic (exact) mass is 275 g/mol. The number of nitrogens with one attached hydrogen (secondary N) is 2. The molecule has 0 radical (unpaired) electrons. The van der Waals surface area contributed by atoms with Crippen LogP contribution in [0.5, 0.6) is 0 Å². The SMILES string of the molecule is CCNC(=O)c1cccc(NC2CCCN(C)CC2)c1. The van der Waals surface area contributed by atoms with Crippen molar-refractivity contribution in [1.82, 2.24) is 10.2 Å². The third-order valence-corrected chi connectivity index (χ3v) is 3.78. The van der Waals surface area contributed by atoms with E-state index in [0.29, 0.717) is 12.6 Å². The van der Waals surface area contributed by atoms with Crippen LogP contribution in [0.3, 0.4) is 0 Å². The number of carbonyl (C=O) groups excluding carboxylic acids is 1. The summed E-state index contributed by atoms with van der Waals surface area (Å²) in [6.07, 6.45) is 3.57. The summed E-state index contributed by atoms with van der Waals surface area (Å²) in [5, 5.41) is 6.41. The molecule has 0 saturated carbocycles. The van der Waals surface area contributed by atoms with Gasteiger partial charge in [-0.15, -0.1) is 0 Å². The first-order chi connectivity index (χ1) is 9.69. The molecule has 4 nitrogen and oxygen atoms in total. The van der Waals surface area contributed by atoms with Gasteiger partial charge in [0.1, 0.15) is 0 Å². The summed E-state index contributed by atoms with van der Waals surface area (Å²) < 4.78 is 0. The van der Waals surface area contributed by atoms with Gasteiger partial charge in [0.2, 0.25) is 0 Å². The molecule has 1 aliphatic rings. The molecule has 1 atom stereocenters. The number of benzene rings is 1. The Morgan fingerprint density at radius 2 is 2.20 bits per heavy atom. The molecule has 1 aromatic rings. The van der Waals surface area contributed by atoms with Gasteiger partial charge in [0.05, 0.1) is 0 Å². The highest BCUT2D eigenvalue weighted by Gasteiger charge is 2.15. The van der Waals surface area contributed by atoms with Crippen molar-refractivity contribution in [2.75, 3.05) is 32.0 Å². The van der Waals surface area contributed by atoms with Crippen molar-refractivity contribution in [1.29, 1.82) is 0 Å². The number of amides is 1. The highest BCUT2D eigenvalue weighted by Crippen LogP contribution is 2.17. The van der Waals surface area contributed by atoms with Gasteiger partial charge in [-0.1, -0.05) is 6.07 Å². The lowest BCUT2D eigenvalue weighted by Crippen LogP contribution is -2.24. The van der Waals surface area contributed by atoms with Crippen LogP contribution in [0.25, 0.3) is 0 Å². The molecular formula is C16H25N3O. The van der Waals surface area contributed by atoms with Crippen molar-refractivity contribution in [3.63, 3.8) is 0 Å². The average Bonchev–Trinajstić information content (AvgIpc) is 2.64. The molecule has 0 aromatic heterocycles. The fraction of sp³-hybridized carbons (Fsp3) is 0.562. The number of likely N-dealkylation sites (tertiary alicyclic amines) is 1. The van der Waals surface area contributed by atoms with Gasteiger partial charge < -0.3 is 15.5 Å². The Morgan fingerprint density at radius 1 is 1.35 bits per heavy atom. The zero-order chi connectivity index (χ0) is 14.4. The summed E-state index contributed by atoms with van der Waals surface area (Å²) in [6, 6.07) is 8.29. The zero-order valence-corrected chi connectivity index (χ0v) is 12.5. The Labute approximate surface area is 121 Å². The summed E-state index contributed by atoms with van der Waals surface area (Å²) in [5.41, 5.74) is 1.77. The van der Waals surface area contributed by atoms with Gasteiger partial charge in [0, 0.05) is 23.8 Å². The first kappa shape index (κ1) is 14.9. The number of hydrogen-bond donors (Lipinski definition) is 2. The van der Waals surface area contributed by atoms with E-state index in [1.165, 1.54) is 19.4 Å². The molecule has 1 heterocycles. The molecule has 1 aromatic carbocycles. The summed E-state index contributed by atoms with van der Waals surface area (Å²) >= 11 is 0. The molecule has 1 fully saturated rings. The predicted molar refractivity (Wildman–Crippen MR) is 83.2 cm³/mol. The maximum Gasteiger partial charge on any atom is 0.251 e. The van der Waals surface area contributed by atoms with Gasteiger partial charge in [-0.3, -0.25) is 4.79 Å². The zero-order valence-electron chi connectivity index (χ0n) is 12.5. The molecule has 1 amide bonds. The summed E-state index contributed by atoms with van der Waals surface area (Å²) in [6.45, 7) is 4.90. The highest BCUT2D eigenvalue weighted by molar-refractivity contribution is 5.95. The van der Waals surface area contributed by atoms with Gasteiger partial charge in [-0.2, -0.15) is 0 Å². The van der Waals surface area contributed by atoms with Crippen molar-refractivity contribution >= 4 is 11.6 Å². The van der Waals surface area contributed by atoms with Gasteiger partial charge >= 0.3 is 0 Å². The minimum Gasteiger partial charge on any atom is -0.382 e. The molecule has 1 unspecified atom stereocenters. The minimum atomic E-state index is -0.00301. The molecule has 0 aliphatic carbocycles. The first-order valence-corrected chi connectivity index (χ1v) is 7.52. The Hall–Kier alpha value is -1.55. The summed E-state index contributed by atoms with van der Waals surface area (Å²) in [5.74, 6) is -0.00301. The quantitative estimate of drug-likeness (QED) is 0.886. The molecule has 1 saturated heterocycles. The van der Waals surface area contributed by atoms with Crippen LogP contribution in [0.2, 0.25) is 0 Å². The van der Waals surface area contributed by atoms with Crippen LogP contribution >= 0.6 is 0 Å². The first-order valence-electron chi connectivity index (χ1n) is 7.52. The van der Waals surface area contributed by atoms with Crippen LogP contribution in [0.15, 0.2) is 24.3 Å². The standard InChI is InChI=1S/C16H25N3O/c1-3-17-16(20)13-6-4-7-15(12-13)18-14-8-5-10-19(2)11-9-14/h4,6-7,12,14,18H,3,5,8-11H2,1-2H3,(H,17,20). The predicted octanol–water partition coefficient (Wildman–Crippen LogP) is 2.33. The van der Waals surface area contributed by atoms with E-state index in [1.807, 2.05) is 31.2 Å². The van der Waals surface area contributed by atoms with E-state index >= 15 is 0 Å². The van der Waals surface area contributed by atoms with Gasteiger partial charge in [0.15, 0.2) is 0 Å². The van der Waals surface area contributed by atoms with Gasteiger partial charge in [0.25, 0.3) is 5.91 Å². The van der Waals surface area contributed by atoms with Crippen LogP contribution in [0.4, 0.5) is 5.69 Å². The van der Waals surface area contributed by atoms with E-state index in [-0.39, 0.29) is 5.91 Å². The molecule has 2 N–H and O–H groups in total. The van der Waals surface area contributed by atoms with Crippen LogP contribution in [0.1, 0.15) is 36.5 Å². The maximum absolute atomic E-state index is 11.8. The normalized spacial score (nSPS) is 20.2. The third kappa shape index (κ3) is 4.23. The van der Waals surface area contributed by atoms with Crippen molar-refractivity contribution < 1.29 is 4.79 Å². The molecule has 0 bridgehead atoms. The Morgan fingerprint density at radius 3 is 3.00 bits per heavy atom. The number of anilines is 1. The van der Waals surface area contributed by atoms with E-state index in [1.54, 1.807) is 0 Å². The second-order valence-electron chi connectivity index (χ2n) is 5.52. The lowest BCUT2D eigenvalue weighted by Gasteiger charge is -2.18. The number of hydrogen-bond acceptors (Lipinski definition) is 3. The van der Waals surface area contributed by atoms with E-state index < -0.39 is 0 Å². The number of nitrogens with zero attached hydrogens (tertiary/aromatic N) is 1. The van der Waals surface area contributed by atoms with Gasteiger partial charge in [-0.25, -0.2) is 0 Å². The van der Waals surface area contributed by atoms with E-state index in [2.05, 4.69) is 22.6 Å². The smallest absolute Gasteiger partial charge is 0.251 e. The molecular weight excluding hydrogens is 250 g/mol. The molecule has 110 valence electrons. The lowest BCUT2D eigenvalue weighted by molar-refractivity contribution is 0.0956. The van der Waals surface area contributed by atoms with Crippen LogP contribution in [-0.2, 0) is 0 Å². The van der Waals surface area contributed by atoms with E-state index in [4.69, 9.17) is 0 Å². The molecule has 1 aliphatic heterocycles. The maximum atomic E-state index is 11.8. The van der Waals surface area contributed by atoms with Crippen molar-refractivity contribution in [3.8, 4) is 0 Å². The van der Waals surface area contributed by atoms with Crippen LogP contribution < -0.4 is 10.6 Å². The second kappa shape index (κ2) is 7.29. The molecule has 4 heteroatoms. The highest BCUT2D eigenvalue weighted by atomic mass is 16.1. The van der Waals surface area contributed by atoms with Crippen molar-refractivity contribution in [3.05, 3.63) is 29.8 Å². The lowest BCUT2D eigenvalue weighted by atomic mass is 10.1. The fourth-order valence-corrected chi connectivity index (χ4v) is 2.63. The van der Waals surface area contributed by atoms with E-state index in [0.717, 1.165) is 24.2 Å². The Bertz CT molecular complexity index is 447. The fourth-order valence-electron chi connectivity index (χ4n) is 2.63. The largest absolute Gasteiger partial charge is 0.382 e. The Kier molecular flexibility index (Phi) is 5.41. The average molecular weight is 275 g/mol. The number of carbonyl (C=O) groups is 1. The molecule has 20 heavy (non-hydrogen) atoms. The van der Waals surface area contributed by atoms with Crippen molar-refractivity contribution in [2.24, 2.45) is 0 Å². The van der Waals surface area contributed by atoms with Crippen LogP contribution in [0, 0.1) is 0 Å². The van der Waals surface area contributed by atoms with E-state index in [9.17, 15) is 4.79 Å². The third-order valence-electron chi connectivity index (χ3n) is 3.78. The second-order valence-corrected chi connectivity index (χ2v) is 5.52. The topological polar surface area (TPSA) is 44.4 Å². The molecule has 0 spiro atoms. The van der Waals surface area contributed by atoms with Crippen molar-refractivity contribution in [2.45, 2.75) is 32.2 Å².